The Morgan fingerprint density at radius 1 is 1.25 bits per heavy atom. The first-order chi connectivity index (χ1) is 11.6. The van der Waals surface area contributed by atoms with E-state index in [1.54, 1.807) is 10.6 Å². The fourth-order valence-electron chi connectivity index (χ4n) is 3.06. The highest BCUT2D eigenvalue weighted by Crippen LogP contribution is 2.19. The summed E-state index contributed by atoms with van der Waals surface area (Å²) in [6.45, 7) is 4.64. The maximum absolute atomic E-state index is 12.6. The second-order valence-electron chi connectivity index (χ2n) is 6.80. The monoisotopic (exact) mass is 328 g/mol. The van der Waals surface area contributed by atoms with Crippen LogP contribution < -0.4 is 10.6 Å². The summed E-state index contributed by atoms with van der Waals surface area (Å²) in [4.78, 5) is 29.4. The van der Waals surface area contributed by atoms with Crippen molar-refractivity contribution < 1.29 is 9.59 Å². The molecule has 2 aromatic heterocycles. The summed E-state index contributed by atoms with van der Waals surface area (Å²) in [6, 6.07) is 5.71. The lowest BCUT2D eigenvalue weighted by molar-refractivity contribution is 0.0934. The maximum Gasteiger partial charge on any atom is 0.287 e. The second-order valence-corrected chi connectivity index (χ2v) is 6.80. The summed E-state index contributed by atoms with van der Waals surface area (Å²) in [5, 5.41) is 5.91. The molecule has 1 fully saturated rings. The summed E-state index contributed by atoms with van der Waals surface area (Å²) < 4.78 is 1.68. The number of hydrogen-bond donors (Lipinski definition) is 2. The predicted molar refractivity (Wildman–Crippen MR) is 92.1 cm³/mol. The van der Waals surface area contributed by atoms with Gasteiger partial charge in [-0.1, -0.05) is 32.8 Å². The van der Waals surface area contributed by atoms with Gasteiger partial charge < -0.3 is 10.6 Å². The summed E-state index contributed by atoms with van der Waals surface area (Å²) >= 11 is 0. The number of carbonyl (C=O) groups is 2. The topological polar surface area (TPSA) is 75.5 Å². The fraction of sp³-hybridized carbons (Fsp3) is 0.500. The molecule has 2 aromatic rings. The number of imidazole rings is 1. The Morgan fingerprint density at radius 2 is 2.00 bits per heavy atom. The molecule has 2 N–H and O–H groups in total. The van der Waals surface area contributed by atoms with Crippen LogP contribution >= 0.6 is 0 Å². The lowest BCUT2D eigenvalue weighted by Crippen LogP contribution is -2.33. The van der Waals surface area contributed by atoms with E-state index in [1.165, 1.54) is 0 Å². The molecular formula is C18H24N4O2. The van der Waals surface area contributed by atoms with E-state index in [0.29, 0.717) is 23.7 Å². The van der Waals surface area contributed by atoms with Crippen LogP contribution in [0.3, 0.4) is 0 Å². The number of pyridine rings is 1. The van der Waals surface area contributed by atoms with Gasteiger partial charge in [0.2, 0.25) is 5.82 Å². The first kappa shape index (κ1) is 16.5. The number of hydrogen-bond acceptors (Lipinski definition) is 3. The van der Waals surface area contributed by atoms with Crippen molar-refractivity contribution in [3.63, 3.8) is 0 Å². The lowest BCUT2D eigenvalue weighted by atomic mass is 10.2. The van der Waals surface area contributed by atoms with E-state index >= 15 is 0 Å². The van der Waals surface area contributed by atoms with E-state index in [0.717, 1.165) is 25.7 Å². The Morgan fingerprint density at radius 3 is 2.71 bits per heavy atom. The van der Waals surface area contributed by atoms with Gasteiger partial charge in [0, 0.05) is 18.8 Å². The molecule has 6 heteroatoms. The average molecular weight is 328 g/mol. The molecule has 128 valence electrons. The smallest absolute Gasteiger partial charge is 0.287 e. The number of nitrogens with zero attached hydrogens (tertiary/aromatic N) is 2. The molecule has 0 unspecified atom stereocenters. The van der Waals surface area contributed by atoms with E-state index in [4.69, 9.17) is 0 Å². The second kappa shape index (κ2) is 7.03. The van der Waals surface area contributed by atoms with Gasteiger partial charge in [-0.05, 0) is 30.9 Å². The first-order valence-corrected chi connectivity index (χ1v) is 8.62. The molecular weight excluding hydrogens is 304 g/mol. The number of nitrogens with one attached hydrogen (secondary N) is 2. The van der Waals surface area contributed by atoms with Crippen LogP contribution in [0.25, 0.3) is 5.52 Å². The van der Waals surface area contributed by atoms with Crippen molar-refractivity contribution in [1.82, 2.24) is 20.0 Å². The fourth-order valence-corrected chi connectivity index (χ4v) is 3.06. The third kappa shape index (κ3) is 3.42. The zero-order chi connectivity index (χ0) is 17.1. The molecule has 2 amide bonds. The minimum Gasteiger partial charge on any atom is -0.349 e. The number of rotatable bonds is 5. The molecule has 0 aliphatic heterocycles. The number of amides is 2. The molecule has 6 nitrogen and oxygen atoms in total. The van der Waals surface area contributed by atoms with Crippen LogP contribution in [0.5, 0.6) is 0 Å². The van der Waals surface area contributed by atoms with Gasteiger partial charge in [-0.2, -0.15) is 0 Å². The number of fused-ring (bicyclic) bond motifs is 1. The molecule has 1 aliphatic rings. The molecule has 24 heavy (non-hydrogen) atoms. The van der Waals surface area contributed by atoms with Crippen LogP contribution in [0.2, 0.25) is 0 Å². The summed E-state index contributed by atoms with van der Waals surface area (Å²) in [7, 11) is 0. The van der Waals surface area contributed by atoms with Crippen molar-refractivity contribution in [2.75, 3.05) is 6.54 Å². The van der Waals surface area contributed by atoms with Gasteiger partial charge in [0.1, 0.15) is 0 Å². The minimum absolute atomic E-state index is 0.200. The summed E-state index contributed by atoms with van der Waals surface area (Å²) in [5.41, 5.74) is 0.972. The molecule has 0 atom stereocenters. The zero-order valence-electron chi connectivity index (χ0n) is 14.2. The van der Waals surface area contributed by atoms with Crippen molar-refractivity contribution in [1.29, 1.82) is 0 Å². The van der Waals surface area contributed by atoms with Gasteiger partial charge in [0.15, 0.2) is 5.69 Å². The van der Waals surface area contributed by atoms with Gasteiger partial charge >= 0.3 is 0 Å². The van der Waals surface area contributed by atoms with Gasteiger partial charge in [0.05, 0.1) is 5.52 Å². The Hall–Kier alpha value is -2.37. The van der Waals surface area contributed by atoms with Gasteiger partial charge in [-0.25, -0.2) is 4.98 Å². The molecule has 0 saturated heterocycles. The minimum atomic E-state index is -0.259. The Bertz CT molecular complexity index is 745. The highest BCUT2D eigenvalue weighted by molar-refractivity contribution is 6.02. The van der Waals surface area contributed by atoms with E-state index < -0.39 is 0 Å². The van der Waals surface area contributed by atoms with Crippen LogP contribution in [-0.2, 0) is 0 Å². The average Bonchev–Trinajstić information content (AvgIpc) is 3.20. The normalized spacial score (nSPS) is 15.1. The summed E-state index contributed by atoms with van der Waals surface area (Å²) in [6.07, 6.45) is 6.09. The molecule has 1 aliphatic carbocycles. The van der Waals surface area contributed by atoms with Crippen LogP contribution in [-0.4, -0.2) is 33.8 Å². The Labute approximate surface area is 141 Å². The van der Waals surface area contributed by atoms with Crippen LogP contribution in [0.15, 0.2) is 24.4 Å². The highest BCUT2D eigenvalue weighted by Gasteiger charge is 2.24. The molecule has 2 heterocycles. The van der Waals surface area contributed by atoms with Crippen molar-refractivity contribution in [3.05, 3.63) is 35.9 Å². The van der Waals surface area contributed by atoms with E-state index in [2.05, 4.69) is 15.6 Å². The third-order valence-corrected chi connectivity index (χ3v) is 4.33. The quantitative estimate of drug-likeness (QED) is 0.885. The Kier molecular flexibility index (Phi) is 4.83. The van der Waals surface area contributed by atoms with Crippen molar-refractivity contribution in [2.24, 2.45) is 5.92 Å². The van der Waals surface area contributed by atoms with Gasteiger partial charge in [0.25, 0.3) is 11.8 Å². The van der Waals surface area contributed by atoms with Crippen molar-refractivity contribution >= 4 is 17.3 Å². The largest absolute Gasteiger partial charge is 0.349 e. The SMILES string of the molecule is CC(C)CNC(=O)c1nc(C(=O)NC2CCCC2)c2ccccn12. The molecule has 0 radical (unpaired) electrons. The van der Waals surface area contributed by atoms with Gasteiger partial charge in [-0.15, -0.1) is 0 Å². The molecule has 0 spiro atoms. The standard InChI is InChI=1S/C18H24N4O2/c1-12(2)11-19-18(24)16-21-15(14-9-5-6-10-22(14)16)17(23)20-13-7-3-4-8-13/h5-6,9-10,12-13H,3-4,7-8,11H2,1-2H3,(H,19,24)(H,20,23). The van der Waals surface area contributed by atoms with Crippen molar-refractivity contribution in [3.8, 4) is 0 Å². The lowest BCUT2D eigenvalue weighted by Gasteiger charge is -2.10. The third-order valence-electron chi connectivity index (χ3n) is 4.33. The van der Waals surface area contributed by atoms with Crippen LogP contribution in [0, 0.1) is 5.92 Å². The molecule has 3 rings (SSSR count). The number of carbonyl (C=O) groups excluding carboxylic acids is 2. The van der Waals surface area contributed by atoms with E-state index in [-0.39, 0.29) is 23.7 Å². The first-order valence-electron chi connectivity index (χ1n) is 8.62. The zero-order valence-corrected chi connectivity index (χ0v) is 14.2. The van der Waals surface area contributed by atoms with Crippen molar-refractivity contribution in [2.45, 2.75) is 45.6 Å². The van der Waals surface area contributed by atoms with Gasteiger partial charge in [-0.3, -0.25) is 14.0 Å². The van der Waals surface area contributed by atoms with E-state index in [1.807, 2.05) is 32.0 Å². The molecule has 0 bridgehead atoms. The Balaban J connectivity index is 1.88. The highest BCUT2D eigenvalue weighted by atomic mass is 16.2. The molecule has 0 aromatic carbocycles. The van der Waals surface area contributed by atoms with Crippen LogP contribution in [0.4, 0.5) is 0 Å². The summed E-state index contributed by atoms with van der Waals surface area (Å²) in [5.74, 6) is 0.145. The molecule has 1 saturated carbocycles. The number of aromatic nitrogens is 2. The van der Waals surface area contributed by atoms with Crippen LogP contribution in [0.1, 0.15) is 60.6 Å². The predicted octanol–water partition coefficient (Wildman–Crippen LogP) is 2.39. The van der Waals surface area contributed by atoms with E-state index in [9.17, 15) is 9.59 Å². The maximum atomic E-state index is 12.6.